The van der Waals surface area contributed by atoms with Crippen LogP contribution in [0.25, 0.3) is 0 Å². The molecule has 19 heavy (non-hydrogen) atoms. The SMILES string of the molecule is C1CCCC1.C1CCCC1.C[C-]=C(C)C(C)=[C-]C.[Ti+4]. The molecule has 0 amide bonds. The molecule has 0 bridgehead atoms. The van der Waals surface area contributed by atoms with E-state index in [0.29, 0.717) is 0 Å². The molecule has 0 saturated heterocycles. The van der Waals surface area contributed by atoms with Gasteiger partial charge in [-0.1, -0.05) is 64.2 Å². The summed E-state index contributed by atoms with van der Waals surface area (Å²) in [5.41, 5.74) is 2.38. The van der Waals surface area contributed by atoms with Crippen LogP contribution in [0.15, 0.2) is 11.1 Å². The summed E-state index contributed by atoms with van der Waals surface area (Å²) in [6.07, 6.45) is 21.1. The maximum Gasteiger partial charge on any atom is 4.00 e. The van der Waals surface area contributed by atoms with Crippen LogP contribution in [0, 0.1) is 12.2 Å². The summed E-state index contributed by atoms with van der Waals surface area (Å²) in [7, 11) is 0. The maximum absolute atomic E-state index is 3.03. The normalized spacial score (nSPS) is 18.7. The summed E-state index contributed by atoms with van der Waals surface area (Å²) in [5, 5.41) is 0. The molecule has 0 aromatic carbocycles. The van der Waals surface area contributed by atoms with Gasteiger partial charge < -0.3 is 23.3 Å². The minimum Gasteiger partial charge on any atom is -0.376 e. The van der Waals surface area contributed by atoms with Crippen LogP contribution in [0.2, 0.25) is 0 Å². The van der Waals surface area contributed by atoms with E-state index in [4.69, 9.17) is 0 Å². The van der Waals surface area contributed by atoms with Gasteiger partial charge in [0.1, 0.15) is 0 Å². The molecule has 2 aliphatic rings. The Labute approximate surface area is 137 Å². The Balaban J connectivity index is 0. The number of hydrogen-bond acceptors (Lipinski definition) is 0. The first-order chi connectivity index (χ1) is 8.72. The molecule has 0 aliphatic heterocycles. The molecule has 2 rings (SSSR count). The zero-order valence-corrected chi connectivity index (χ0v) is 15.1. The Kier molecular flexibility index (Phi) is 18.4. The van der Waals surface area contributed by atoms with Gasteiger partial charge in [-0.25, -0.2) is 0 Å². The van der Waals surface area contributed by atoms with Crippen molar-refractivity contribution in [2.24, 2.45) is 0 Å². The average Bonchev–Trinajstić information content (AvgIpc) is 3.12. The second kappa shape index (κ2) is 16.2. The maximum atomic E-state index is 3.03. The number of allylic oxidation sites excluding steroid dienone is 4. The summed E-state index contributed by atoms with van der Waals surface area (Å²) in [6, 6.07) is 0. The van der Waals surface area contributed by atoms with Crippen LogP contribution in [-0.2, 0) is 21.7 Å². The minimum absolute atomic E-state index is 0. The second-order valence-corrected chi connectivity index (χ2v) is 5.29. The standard InChI is InChI=1S/C8H12.2C5H10.Ti/c1-5-7(3)8(4)6-2;2*1-2-4-5-3-1;/h1-4H3;2*1-5H2;/q-2;;;+4. The van der Waals surface area contributed by atoms with E-state index in [2.05, 4.69) is 12.2 Å². The van der Waals surface area contributed by atoms with Crippen LogP contribution in [0.4, 0.5) is 0 Å². The molecule has 2 saturated carbocycles. The molecule has 0 radical (unpaired) electrons. The van der Waals surface area contributed by atoms with Gasteiger partial charge in [0, 0.05) is 0 Å². The van der Waals surface area contributed by atoms with Crippen molar-refractivity contribution < 1.29 is 21.7 Å². The molecule has 0 unspecified atom stereocenters. The van der Waals surface area contributed by atoms with E-state index in [1.165, 1.54) is 75.4 Å². The van der Waals surface area contributed by atoms with Gasteiger partial charge >= 0.3 is 21.7 Å². The van der Waals surface area contributed by atoms with E-state index < -0.39 is 0 Å². The van der Waals surface area contributed by atoms with Gasteiger partial charge in [0.05, 0.1) is 0 Å². The van der Waals surface area contributed by atoms with Gasteiger partial charge in [-0.3, -0.25) is 0 Å². The van der Waals surface area contributed by atoms with Crippen molar-refractivity contribution >= 4 is 0 Å². The zero-order valence-electron chi connectivity index (χ0n) is 13.6. The molecule has 0 atom stereocenters. The Hall–Kier alpha value is 0.194. The first-order valence-corrected chi connectivity index (χ1v) is 7.75. The van der Waals surface area contributed by atoms with Gasteiger partial charge in [-0.2, -0.15) is 0 Å². The quantitative estimate of drug-likeness (QED) is 0.297. The molecular weight excluding hydrogens is 264 g/mol. The molecule has 0 aromatic rings. The van der Waals surface area contributed by atoms with Crippen molar-refractivity contribution in [1.29, 1.82) is 0 Å². The fraction of sp³-hybridized carbons (Fsp3) is 0.778. The third kappa shape index (κ3) is 14.4. The summed E-state index contributed by atoms with van der Waals surface area (Å²) >= 11 is 0. The van der Waals surface area contributed by atoms with E-state index in [1.54, 1.807) is 0 Å². The Morgan fingerprint density at radius 1 is 0.526 bits per heavy atom. The number of rotatable bonds is 1. The van der Waals surface area contributed by atoms with Crippen LogP contribution in [0.3, 0.4) is 0 Å². The van der Waals surface area contributed by atoms with Crippen molar-refractivity contribution in [3.8, 4) is 0 Å². The summed E-state index contributed by atoms with van der Waals surface area (Å²) < 4.78 is 0. The summed E-state index contributed by atoms with van der Waals surface area (Å²) in [5.74, 6) is 0. The van der Waals surface area contributed by atoms with Crippen molar-refractivity contribution in [3.63, 3.8) is 0 Å². The first kappa shape index (κ1) is 21.5. The van der Waals surface area contributed by atoms with E-state index in [9.17, 15) is 0 Å². The van der Waals surface area contributed by atoms with Gasteiger partial charge in [-0.15, -0.1) is 27.7 Å². The largest absolute Gasteiger partial charge is 4.00 e. The molecule has 2 aliphatic carbocycles. The molecular formula is C18H32Ti+2. The van der Waals surface area contributed by atoms with Crippen molar-refractivity contribution in [2.75, 3.05) is 0 Å². The Morgan fingerprint density at radius 3 is 0.789 bits per heavy atom. The predicted octanol–water partition coefficient (Wildman–Crippen LogP) is 6.42. The van der Waals surface area contributed by atoms with Crippen LogP contribution < -0.4 is 0 Å². The van der Waals surface area contributed by atoms with Gasteiger partial charge in [0.2, 0.25) is 0 Å². The Morgan fingerprint density at radius 2 is 0.684 bits per heavy atom. The van der Waals surface area contributed by atoms with Gasteiger partial charge in [0.15, 0.2) is 0 Å². The van der Waals surface area contributed by atoms with Crippen LogP contribution in [0.5, 0.6) is 0 Å². The predicted molar refractivity (Wildman–Crippen MR) is 82.4 cm³/mol. The average molecular weight is 296 g/mol. The van der Waals surface area contributed by atoms with Crippen LogP contribution >= 0.6 is 0 Å². The Bertz CT molecular complexity index is 189. The molecule has 0 N–H and O–H groups in total. The van der Waals surface area contributed by atoms with E-state index in [1.807, 2.05) is 27.7 Å². The zero-order chi connectivity index (χ0) is 13.6. The molecule has 0 aromatic heterocycles. The third-order valence-corrected chi connectivity index (χ3v) is 3.81. The molecule has 0 heterocycles. The summed E-state index contributed by atoms with van der Waals surface area (Å²) in [4.78, 5) is 0. The molecule has 0 nitrogen and oxygen atoms in total. The van der Waals surface area contributed by atoms with Gasteiger partial charge in [0.25, 0.3) is 0 Å². The molecule has 2 fully saturated rings. The fourth-order valence-corrected chi connectivity index (χ4v) is 2.14. The molecule has 106 valence electrons. The van der Waals surface area contributed by atoms with E-state index in [-0.39, 0.29) is 21.7 Å². The van der Waals surface area contributed by atoms with Crippen molar-refractivity contribution in [2.45, 2.75) is 91.9 Å². The number of hydrogen-bond donors (Lipinski definition) is 0. The van der Waals surface area contributed by atoms with Crippen LogP contribution in [-0.4, -0.2) is 0 Å². The van der Waals surface area contributed by atoms with E-state index >= 15 is 0 Å². The van der Waals surface area contributed by atoms with Crippen molar-refractivity contribution in [3.05, 3.63) is 23.3 Å². The van der Waals surface area contributed by atoms with Crippen molar-refractivity contribution in [1.82, 2.24) is 0 Å². The van der Waals surface area contributed by atoms with Gasteiger partial charge in [-0.05, 0) is 0 Å². The topological polar surface area (TPSA) is 0 Å². The third-order valence-electron chi connectivity index (χ3n) is 3.81. The van der Waals surface area contributed by atoms with E-state index in [0.717, 1.165) is 0 Å². The van der Waals surface area contributed by atoms with Crippen LogP contribution in [0.1, 0.15) is 91.9 Å². The second-order valence-electron chi connectivity index (χ2n) is 5.29. The molecule has 1 heteroatoms. The smallest absolute Gasteiger partial charge is 0.376 e. The molecule has 0 spiro atoms. The fourth-order valence-electron chi connectivity index (χ4n) is 2.14. The summed E-state index contributed by atoms with van der Waals surface area (Å²) in [6.45, 7) is 7.89. The first-order valence-electron chi connectivity index (χ1n) is 7.75. The minimum atomic E-state index is 0. The monoisotopic (exact) mass is 296 g/mol.